The van der Waals surface area contributed by atoms with Crippen molar-refractivity contribution in [2.24, 2.45) is 4.36 Å². The number of aliphatic hydroxyl groups is 1. The molecule has 2 atom stereocenters. The summed E-state index contributed by atoms with van der Waals surface area (Å²) in [4.78, 5) is 8.83. The molecule has 0 saturated heterocycles. The predicted molar refractivity (Wildman–Crippen MR) is 115 cm³/mol. The summed E-state index contributed by atoms with van der Waals surface area (Å²) in [6.07, 6.45) is 5.70. The first kappa shape index (κ1) is 20.7. The summed E-state index contributed by atoms with van der Waals surface area (Å²) < 4.78 is 36.1. The van der Waals surface area contributed by atoms with Gasteiger partial charge in [0.25, 0.3) is 0 Å². The normalized spacial score (nSPS) is 18.8. The molecule has 0 radical (unpaired) electrons. The van der Waals surface area contributed by atoms with Gasteiger partial charge in [-0.3, -0.25) is 0 Å². The summed E-state index contributed by atoms with van der Waals surface area (Å²) in [5.74, 6) is 0.0340. The van der Waals surface area contributed by atoms with Gasteiger partial charge in [-0.1, -0.05) is 6.07 Å². The molecule has 0 aliphatic heterocycles. The number of ether oxygens (including phenoxy) is 1. The lowest BCUT2D eigenvalue weighted by Gasteiger charge is -2.33. The van der Waals surface area contributed by atoms with Gasteiger partial charge in [-0.05, 0) is 43.5 Å². The molecule has 30 heavy (non-hydrogen) atoms. The van der Waals surface area contributed by atoms with Crippen LogP contribution in [0.1, 0.15) is 29.7 Å². The Morgan fingerprint density at radius 2 is 2.03 bits per heavy atom. The van der Waals surface area contributed by atoms with Crippen LogP contribution in [-0.4, -0.2) is 44.0 Å². The Kier molecular flexibility index (Phi) is 5.46. The maximum absolute atomic E-state index is 13.9. The second kappa shape index (κ2) is 7.92. The molecule has 1 heterocycles. The Hall–Kier alpha value is -2.58. The average molecular weight is 430 g/mol. The molecule has 4 rings (SSSR count). The molecule has 158 valence electrons. The maximum Gasteiger partial charge on any atom is 0.126 e. The van der Waals surface area contributed by atoms with Crippen LogP contribution in [0.3, 0.4) is 0 Å². The van der Waals surface area contributed by atoms with Crippen LogP contribution in [0.4, 0.5) is 10.1 Å². The van der Waals surface area contributed by atoms with Crippen molar-refractivity contribution >= 4 is 26.3 Å². The Morgan fingerprint density at radius 1 is 1.23 bits per heavy atom. The second-order valence-electron chi connectivity index (χ2n) is 7.98. The fraction of sp³-hybridized carbons (Fsp3) is 0.364. The zero-order chi connectivity index (χ0) is 21.5. The molecule has 1 saturated carbocycles. The van der Waals surface area contributed by atoms with E-state index in [-0.39, 0.29) is 11.9 Å². The van der Waals surface area contributed by atoms with Crippen molar-refractivity contribution in [2.75, 3.05) is 12.5 Å². The van der Waals surface area contributed by atoms with E-state index in [1.807, 2.05) is 13.0 Å². The van der Waals surface area contributed by atoms with E-state index >= 15 is 0 Å². The third-order valence-electron chi connectivity index (χ3n) is 5.17. The molecule has 0 bridgehead atoms. The highest BCUT2D eigenvalue weighted by molar-refractivity contribution is 7.92. The highest BCUT2D eigenvalue weighted by atomic mass is 32.2. The highest BCUT2D eigenvalue weighted by Crippen LogP contribution is 2.32. The summed E-state index contributed by atoms with van der Waals surface area (Å²) in [6.45, 7) is 1.94. The van der Waals surface area contributed by atoms with Crippen LogP contribution in [0.25, 0.3) is 10.9 Å². The molecule has 2 aromatic carbocycles. The predicted octanol–water partition coefficient (Wildman–Crippen LogP) is 3.93. The summed E-state index contributed by atoms with van der Waals surface area (Å²) in [5.41, 5.74) is 3.81. The van der Waals surface area contributed by atoms with Gasteiger partial charge in [0.15, 0.2) is 0 Å². The van der Waals surface area contributed by atoms with Crippen molar-refractivity contribution in [3.05, 3.63) is 59.3 Å². The van der Waals surface area contributed by atoms with Gasteiger partial charge in [0.2, 0.25) is 0 Å². The van der Waals surface area contributed by atoms with E-state index in [9.17, 15) is 13.7 Å². The summed E-state index contributed by atoms with van der Waals surface area (Å²) in [6, 6.07) is 8.10. The van der Waals surface area contributed by atoms with Gasteiger partial charge in [0.1, 0.15) is 24.0 Å². The van der Waals surface area contributed by atoms with Gasteiger partial charge in [0, 0.05) is 45.7 Å². The number of rotatable bonds is 5. The fourth-order valence-corrected chi connectivity index (χ4v) is 4.22. The third kappa shape index (κ3) is 4.44. The zero-order valence-electron chi connectivity index (χ0n) is 17.1. The molecule has 0 amide bonds. The second-order valence-corrected chi connectivity index (χ2v) is 10.5. The number of benzene rings is 2. The number of hydrogen-bond acceptors (Lipinski definition) is 6. The van der Waals surface area contributed by atoms with Crippen LogP contribution in [0.5, 0.6) is 5.75 Å². The van der Waals surface area contributed by atoms with Crippen LogP contribution in [0.15, 0.2) is 41.0 Å². The number of aromatic nitrogens is 2. The number of aryl methyl sites for hydroxylation is 1. The van der Waals surface area contributed by atoms with Crippen LogP contribution in [-0.2, 0) is 16.1 Å². The van der Waals surface area contributed by atoms with Gasteiger partial charge >= 0.3 is 0 Å². The molecule has 8 heteroatoms. The molecule has 3 aromatic rings. The molecule has 1 N–H and O–H groups in total. The minimum absolute atomic E-state index is 0.309. The minimum atomic E-state index is -2.28. The van der Waals surface area contributed by atoms with Crippen molar-refractivity contribution in [2.45, 2.75) is 38.4 Å². The van der Waals surface area contributed by atoms with Gasteiger partial charge in [0.05, 0.1) is 23.0 Å². The first-order valence-electron chi connectivity index (χ1n) is 9.74. The molecular formula is C22H24FN3O3S. The molecular weight excluding hydrogens is 405 g/mol. The summed E-state index contributed by atoms with van der Waals surface area (Å²) in [7, 11) is -2.28. The molecule has 0 spiro atoms. The van der Waals surface area contributed by atoms with Gasteiger partial charge in [-0.2, -0.15) is 4.36 Å². The van der Waals surface area contributed by atoms with Crippen molar-refractivity contribution in [3.8, 4) is 5.75 Å². The largest absolute Gasteiger partial charge is 0.487 e. The lowest BCUT2D eigenvalue weighted by Crippen LogP contribution is -2.41. The smallest absolute Gasteiger partial charge is 0.126 e. The van der Waals surface area contributed by atoms with E-state index in [1.54, 1.807) is 24.6 Å². The monoisotopic (exact) mass is 429 g/mol. The van der Waals surface area contributed by atoms with Crippen molar-refractivity contribution in [1.82, 2.24) is 9.97 Å². The lowest BCUT2D eigenvalue weighted by atomic mass is 9.92. The van der Waals surface area contributed by atoms with Crippen LogP contribution in [0.2, 0.25) is 0 Å². The van der Waals surface area contributed by atoms with Crippen molar-refractivity contribution in [3.63, 3.8) is 0 Å². The quantitative estimate of drug-likeness (QED) is 0.664. The first-order chi connectivity index (χ1) is 14.2. The fourth-order valence-electron chi connectivity index (χ4n) is 3.61. The van der Waals surface area contributed by atoms with Gasteiger partial charge in [-0.25, -0.2) is 18.6 Å². The third-order valence-corrected chi connectivity index (χ3v) is 5.82. The lowest BCUT2D eigenvalue weighted by molar-refractivity contribution is -0.0366. The Bertz CT molecular complexity index is 1230. The SMILES string of the molecule is Cc1cc(N=S(C)(C)=O)cc2ncnc(Cc3ccc(F)cc3O[C@@H]3CC[C@H]3O)c12. The van der Waals surface area contributed by atoms with E-state index < -0.39 is 15.8 Å². The minimum Gasteiger partial charge on any atom is -0.487 e. The Morgan fingerprint density at radius 3 is 2.70 bits per heavy atom. The van der Waals surface area contributed by atoms with Crippen LogP contribution < -0.4 is 4.74 Å². The Balaban J connectivity index is 1.74. The van der Waals surface area contributed by atoms with Crippen LogP contribution in [0, 0.1) is 12.7 Å². The number of hydrogen-bond donors (Lipinski definition) is 1. The molecule has 6 nitrogen and oxygen atoms in total. The van der Waals surface area contributed by atoms with E-state index in [2.05, 4.69) is 14.3 Å². The van der Waals surface area contributed by atoms with Crippen molar-refractivity contribution < 1.29 is 18.4 Å². The van der Waals surface area contributed by atoms with Gasteiger partial charge < -0.3 is 9.84 Å². The standard InChI is InChI=1S/C22H24FN3O3S/c1-13-8-16(26-30(2,3)28)11-18-22(13)17(24-12-25-18)9-14-4-5-15(23)10-21(14)29-20-7-6-19(20)27/h4-5,8,10-12,19-20,27H,6-7,9H2,1-3H3/t19-,20-/m1/s1. The van der Waals surface area contributed by atoms with Gasteiger partial charge in [-0.15, -0.1) is 0 Å². The highest BCUT2D eigenvalue weighted by Gasteiger charge is 2.31. The summed E-state index contributed by atoms with van der Waals surface area (Å²) in [5, 5.41) is 10.7. The van der Waals surface area contributed by atoms with E-state index in [0.717, 1.165) is 28.6 Å². The van der Waals surface area contributed by atoms with Crippen molar-refractivity contribution in [1.29, 1.82) is 0 Å². The number of halogens is 1. The number of fused-ring (bicyclic) bond motifs is 1. The zero-order valence-corrected chi connectivity index (χ0v) is 17.9. The number of aliphatic hydroxyl groups excluding tert-OH is 1. The molecule has 1 aromatic heterocycles. The first-order valence-corrected chi connectivity index (χ1v) is 12.1. The average Bonchev–Trinajstić information content (AvgIpc) is 2.65. The van der Waals surface area contributed by atoms with Crippen LogP contribution >= 0.6 is 0 Å². The molecule has 1 aliphatic carbocycles. The van der Waals surface area contributed by atoms with E-state index in [1.165, 1.54) is 18.5 Å². The number of nitrogens with zero attached hydrogens (tertiary/aromatic N) is 3. The summed E-state index contributed by atoms with van der Waals surface area (Å²) >= 11 is 0. The Labute approximate surface area is 175 Å². The topological polar surface area (TPSA) is 84.7 Å². The molecule has 0 unspecified atom stereocenters. The molecule has 1 aliphatic rings. The van der Waals surface area contributed by atoms with E-state index in [4.69, 9.17) is 4.74 Å². The van der Waals surface area contributed by atoms with E-state index in [0.29, 0.717) is 29.8 Å². The maximum atomic E-state index is 13.9. The molecule has 1 fully saturated rings.